The minimum atomic E-state index is -0.276. The number of carbonyl (C=O) groups excluding carboxylic acids is 2. The average molecular weight is 375 g/mol. The van der Waals surface area contributed by atoms with Crippen molar-refractivity contribution in [3.8, 4) is 0 Å². The number of aromatic nitrogens is 3. The molecule has 1 aromatic carbocycles. The summed E-state index contributed by atoms with van der Waals surface area (Å²) >= 11 is 1.32. The maximum Gasteiger partial charge on any atom is 0.346 e. The molecule has 0 spiro atoms. The first kappa shape index (κ1) is 20.0. The molecule has 0 fully saturated rings. The van der Waals surface area contributed by atoms with E-state index >= 15 is 0 Å². The van der Waals surface area contributed by atoms with E-state index in [-0.39, 0.29) is 11.4 Å². The fourth-order valence-corrected chi connectivity index (χ4v) is 2.92. The standard InChI is InChI=1S/C18H25N5O2S/c1-18(2,3)15-19-16(23(20-15)17(25)21(4)5)26-13-22(12-24)11-14-9-7-6-8-10-14/h6-10,12H,11,13H2,1-5H3. The summed E-state index contributed by atoms with van der Waals surface area (Å²) in [4.78, 5) is 31.4. The fraction of sp³-hybridized carbons (Fsp3) is 0.444. The Labute approximate surface area is 158 Å². The van der Waals surface area contributed by atoms with Crippen LogP contribution >= 0.6 is 11.8 Å². The van der Waals surface area contributed by atoms with E-state index in [4.69, 9.17) is 0 Å². The van der Waals surface area contributed by atoms with Crippen LogP contribution in [0.15, 0.2) is 35.5 Å². The number of amides is 2. The average Bonchev–Trinajstić information content (AvgIpc) is 3.03. The molecule has 7 nitrogen and oxygen atoms in total. The number of benzene rings is 1. The summed E-state index contributed by atoms with van der Waals surface area (Å²) in [5.41, 5.74) is 0.767. The maximum atomic E-state index is 12.4. The first-order valence-corrected chi connectivity index (χ1v) is 9.26. The minimum Gasteiger partial charge on any atom is -0.331 e. The topological polar surface area (TPSA) is 71.3 Å². The lowest BCUT2D eigenvalue weighted by atomic mass is 9.96. The van der Waals surface area contributed by atoms with Gasteiger partial charge >= 0.3 is 6.03 Å². The van der Waals surface area contributed by atoms with Crippen LogP contribution < -0.4 is 0 Å². The lowest BCUT2D eigenvalue weighted by Crippen LogP contribution is -2.29. The second kappa shape index (κ2) is 8.35. The predicted molar refractivity (Wildman–Crippen MR) is 102 cm³/mol. The van der Waals surface area contributed by atoms with E-state index in [2.05, 4.69) is 10.1 Å². The summed E-state index contributed by atoms with van der Waals surface area (Å²) in [5.74, 6) is 0.970. The van der Waals surface area contributed by atoms with Crippen LogP contribution in [-0.2, 0) is 16.8 Å². The molecule has 140 valence electrons. The number of thioether (sulfide) groups is 1. The van der Waals surface area contributed by atoms with Gasteiger partial charge in [0, 0.05) is 26.1 Å². The van der Waals surface area contributed by atoms with Crippen molar-refractivity contribution in [1.82, 2.24) is 24.6 Å². The molecule has 1 heterocycles. The molecule has 2 aromatic rings. The molecule has 0 atom stereocenters. The third-order valence-corrected chi connectivity index (χ3v) is 4.53. The SMILES string of the molecule is CN(C)C(=O)n1nc(C(C)(C)C)nc1SCN(C=O)Cc1ccccc1. The molecule has 0 aliphatic rings. The quantitative estimate of drug-likeness (QED) is 0.441. The van der Waals surface area contributed by atoms with Crippen molar-refractivity contribution in [3.63, 3.8) is 0 Å². The Morgan fingerprint density at radius 3 is 2.42 bits per heavy atom. The third kappa shape index (κ3) is 5.08. The molecule has 0 bridgehead atoms. The van der Waals surface area contributed by atoms with Gasteiger partial charge in [0.15, 0.2) is 11.0 Å². The van der Waals surface area contributed by atoms with Gasteiger partial charge in [0.05, 0.1) is 5.88 Å². The van der Waals surface area contributed by atoms with Crippen LogP contribution in [0.2, 0.25) is 0 Å². The molecule has 0 saturated heterocycles. The lowest BCUT2D eigenvalue weighted by molar-refractivity contribution is -0.117. The Kier molecular flexibility index (Phi) is 6.42. The van der Waals surface area contributed by atoms with Gasteiger partial charge in [-0.15, -0.1) is 5.10 Å². The third-order valence-electron chi connectivity index (χ3n) is 3.55. The second-order valence-corrected chi connectivity index (χ2v) is 8.08. The van der Waals surface area contributed by atoms with Gasteiger partial charge < -0.3 is 9.80 Å². The minimum absolute atomic E-state index is 0.267. The molecule has 0 unspecified atom stereocenters. The van der Waals surface area contributed by atoms with E-state index in [0.717, 1.165) is 12.0 Å². The molecule has 1 aromatic heterocycles. The molecule has 2 amide bonds. The number of nitrogens with zero attached hydrogens (tertiary/aromatic N) is 5. The van der Waals surface area contributed by atoms with E-state index in [1.54, 1.807) is 19.0 Å². The molecule has 26 heavy (non-hydrogen) atoms. The van der Waals surface area contributed by atoms with Crippen molar-refractivity contribution in [2.24, 2.45) is 0 Å². The molecular formula is C18H25N5O2S. The van der Waals surface area contributed by atoms with E-state index in [9.17, 15) is 9.59 Å². The highest BCUT2D eigenvalue weighted by Gasteiger charge is 2.25. The monoisotopic (exact) mass is 375 g/mol. The Morgan fingerprint density at radius 2 is 1.88 bits per heavy atom. The summed E-state index contributed by atoms with van der Waals surface area (Å²) in [7, 11) is 3.34. The zero-order valence-corrected chi connectivity index (χ0v) is 16.7. The fourth-order valence-electron chi connectivity index (χ4n) is 2.09. The summed E-state index contributed by atoms with van der Waals surface area (Å²) < 4.78 is 1.30. The number of carbonyl (C=O) groups is 2. The summed E-state index contributed by atoms with van der Waals surface area (Å²) in [6, 6.07) is 9.48. The van der Waals surface area contributed by atoms with Crippen LogP contribution in [0.3, 0.4) is 0 Å². The van der Waals surface area contributed by atoms with Crippen molar-refractivity contribution in [3.05, 3.63) is 41.7 Å². The van der Waals surface area contributed by atoms with Gasteiger partial charge in [0.1, 0.15) is 0 Å². The largest absolute Gasteiger partial charge is 0.346 e. The van der Waals surface area contributed by atoms with Crippen LogP contribution in [0, 0.1) is 0 Å². The van der Waals surface area contributed by atoms with Gasteiger partial charge in [0.2, 0.25) is 6.41 Å². The molecular weight excluding hydrogens is 350 g/mol. The van der Waals surface area contributed by atoms with E-state index in [0.29, 0.717) is 23.4 Å². The Morgan fingerprint density at radius 1 is 1.23 bits per heavy atom. The van der Waals surface area contributed by atoms with E-state index in [1.165, 1.54) is 21.3 Å². The van der Waals surface area contributed by atoms with Gasteiger partial charge in [0.25, 0.3) is 0 Å². The normalized spacial score (nSPS) is 11.3. The van der Waals surface area contributed by atoms with Gasteiger partial charge in [-0.1, -0.05) is 62.9 Å². The molecule has 0 radical (unpaired) electrons. The molecule has 0 N–H and O–H groups in total. The Balaban J connectivity index is 2.17. The molecule has 0 aliphatic carbocycles. The van der Waals surface area contributed by atoms with Crippen molar-refractivity contribution in [2.75, 3.05) is 20.0 Å². The summed E-state index contributed by atoms with van der Waals surface area (Å²) in [6.07, 6.45) is 0.805. The summed E-state index contributed by atoms with van der Waals surface area (Å²) in [5, 5.41) is 4.86. The van der Waals surface area contributed by atoms with Gasteiger partial charge in [-0.25, -0.2) is 9.78 Å². The molecule has 0 saturated carbocycles. The van der Waals surface area contributed by atoms with Gasteiger partial charge in [-0.05, 0) is 5.56 Å². The molecule has 2 rings (SSSR count). The first-order valence-electron chi connectivity index (χ1n) is 8.27. The molecule has 8 heteroatoms. The van der Waals surface area contributed by atoms with Gasteiger partial charge in [-0.3, -0.25) is 4.79 Å². The number of hydrogen-bond donors (Lipinski definition) is 0. The first-order chi connectivity index (χ1) is 12.2. The highest BCUT2D eigenvalue weighted by atomic mass is 32.2. The van der Waals surface area contributed by atoms with Crippen LogP contribution in [-0.4, -0.2) is 57.0 Å². The van der Waals surface area contributed by atoms with Crippen molar-refractivity contribution in [2.45, 2.75) is 37.9 Å². The number of rotatable bonds is 6. The van der Waals surface area contributed by atoms with Gasteiger partial charge in [-0.2, -0.15) is 4.68 Å². The summed E-state index contributed by atoms with van der Waals surface area (Å²) in [6.45, 7) is 6.48. The van der Waals surface area contributed by atoms with Crippen molar-refractivity contribution >= 4 is 24.2 Å². The highest BCUT2D eigenvalue weighted by Crippen LogP contribution is 2.24. The van der Waals surface area contributed by atoms with Crippen LogP contribution in [0.25, 0.3) is 0 Å². The van der Waals surface area contributed by atoms with Crippen molar-refractivity contribution < 1.29 is 9.59 Å². The smallest absolute Gasteiger partial charge is 0.331 e. The number of hydrogen-bond acceptors (Lipinski definition) is 5. The zero-order valence-electron chi connectivity index (χ0n) is 15.8. The predicted octanol–water partition coefficient (Wildman–Crippen LogP) is 2.81. The zero-order chi connectivity index (χ0) is 19.3. The maximum absolute atomic E-state index is 12.4. The highest BCUT2D eigenvalue weighted by molar-refractivity contribution is 7.99. The Bertz CT molecular complexity index is 753. The second-order valence-electron chi connectivity index (χ2n) is 7.17. The van der Waals surface area contributed by atoms with E-state index in [1.807, 2.05) is 51.1 Å². The van der Waals surface area contributed by atoms with E-state index < -0.39 is 0 Å². The van der Waals surface area contributed by atoms with Crippen LogP contribution in [0.4, 0.5) is 4.79 Å². The Hall–Kier alpha value is -2.35. The van der Waals surface area contributed by atoms with Crippen LogP contribution in [0.5, 0.6) is 0 Å². The van der Waals surface area contributed by atoms with Crippen molar-refractivity contribution in [1.29, 1.82) is 0 Å². The van der Waals surface area contributed by atoms with Crippen LogP contribution in [0.1, 0.15) is 32.2 Å². The molecule has 0 aliphatic heterocycles. The lowest BCUT2D eigenvalue weighted by Gasteiger charge is -2.17.